The van der Waals surface area contributed by atoms with Crippen LogP contribution in [0.4, 0.5) is 0 Å². The molecule has 3 aromatic carbocycles. The van der Waals surface area contributed by atoms with Crippen molar-refractivity contribution >= 4 is 19.5 Å². The number of nitrogens with zero attached hydrogens (tertiary/aromatic N) is 2. The zero-order valence-electron chi connectivity index (χ0n) is 23.2. The van der Waals surface area contributed by atoms with Gasteiger partial charge in [0.15, 0.2) is 0 Å². The summed E-state index contributed by atoms with van der Waals surface area (Å²) in [6.07, 6.45) is 5.49. The number of pyridine rings is 1. The first-order valence-electron chi connectivity index (χ1n) is 14.4. The molecule has 4 saturated heterocycles. The maximum absolute atomic E-state index is 7.03. The van der Waals surface area contributed by atoms with Gasteiger partial charge in [-0.2, -0.15) is 0 Å². The minimum Gasteiger partial charge on any atom is -0.497 e. The Morgan fingerprint density at radius 3 is 2.29 bits per heavy atom. The van der Waals surface area contributed by atoms with E-state index in [0.29, 0.717) is 11.8 Å². The van der Waals surface area contributed by atoms with E-state index in [1.54, 1.807) is 7.11 Å². The smallest absolute Gasteiger partial charge is 0.334 e. The summed E-state index contributed by atoms with van der Waals surface area (Å²) in [5.74, 6) is 1.92. The Balaban J connectivity index is 1.26. The van der Waals surface area contributed by atoms with E-state index in [2.05, 4.69) is 58.9 Å². The monoisotopic (exact) mass is 566 g/mol. The molecule has 7 heteroatoms. The van der Waals surface area contributed by atoms with Gasteiger partial charge in [0, 0.05) is 24.2 Å². The lowest BCUT2D eigenvalue weighted by Gasteiger charge is -2.51. The number of piperidine rings is 3. The number of aromatic nitrogens is 1. The predicted octanol–water partition coefficient (Wildman–Crippen LogP) is 7.95. The molecule has 5 heterocycles. The molecule has 6 nitrogen and oxygen atoms in total. The predicted molar refractivity (Wildman–Crippen MR) is 161 cm³/mol. The highest BCUT2D eigenvalue weighted by Crippen LogP contribution is 2.63. The Labute approximate surface area is 242 Å². The van der Waals surface area contributed by atoms with Gasteiger partial charge in [0.2, 0.25) is 0 Å². The molecule has 1 unspecified atom stereocenters. The van der Waals surface area contributed by atoms with Crippen LogP contribution in [-0.4, -0.2) is 36.1 Å². The van der Waals surface area contributed by atoms with Crippen LogP contribution in [0.2, 0.25) is 0 Å². The lowest BCUT2D eigenvalue weighted by Crippen LogP contribution is -2.55. The van der Waals surface area contributed by atoms with Crippen molar-refractivity contribution in [2.45, 2.75) is 37.2 Å². The van der Waals surface area contributed by atoms with Crippen LogP contribution in [0.5, 0.6) is 5.75 Å². The van der Waals surface area contributed by atoms with Crippen molar-refractivity contribution in [2.24, 2.45) is 11.8 Å². The van der Waals surface area contributed by atoms with Gasteiger partial charge in [0.05, 0.1) is 12.6 Å². The molecule has 4 aliphatic heterocycles. The molecule has 0 amide bonds. The van der Waals surface area contributed by atoms with Crippen molar-refractivity contribution in [1.29, 1.82) is 0 Å². The van der Waals surface area contributed by atoms with Gasteiger partial charge >= 0.3 is 8.60 Å². The van der Waals surface area contributed by atoms with Gasteiger partial charge in [-0.05, 0) is 72.2 Å². The van der Waals surface area contributed by atoms with Gasteiger partial charge in [0.1, 0.15) is 24.1 Å². The summed E-state index contributed by atoms with van der Waals surface area (Å²) < 4.78 is 26.0. The molecule has 210 valence electrons. The van der Waals surface area contributed by atoms with E-state index >= 15 is 0 Å². The van der Waals surface area contributed by atoms with Gasteiger partial charge < -0.3 is 18.3 Å². The first-order chi connectivity index (χ1) is 20.2. The number of ether oxygens (including phenoxy) is 1. The number of hydrogen-bond donors (Lipinski definition) is 0. The second kappa shape index (κ2) is 11.6. The third kappa shape index (κ3) is 5.20. The topological polar surface area (TPSA) is 53.1 Å². The van der Waals surface area contributed by atoms with Crippen LogP contribution in [-0.2, 0) is 13.6 Å². The highest BCUT2D eigenvalue weighted by molar-refractivity contribution is 7.42. The average Bonchev–Trinajstić information content (AvgIpc) is 3.48. The summed E-state index contributed by atoms with van der Waals surface area (Å²) in [7, 11) is 0.0499. The summed E-state index contributed by atoms with van der Waals surface area (Å²) in [4.78, 5) is 7.24. The Bertz CT molecular complexity index is 1460. The van der Waals surface area contributed by atoms with Crippen LogP contribution in [0.15, 0.2) is 104 Å². The summed E-state index contributed by atoms with van der Waals surface area (Å²) >= 11 is 0. The van der Waals surface area contributed by atoms with Crippen molar-refractivity contribution in [1.82, 2.24) is 9.88 Å². The first-order valence-corrected chi connectivity index (χ1v) is 15.5. The Kier molecular flexibility index (Phi) is 7.59. The number of methoxy groups -OCH3 is 1. The number of fused-ring (bicyclic) bond motifs is 4. The van der Waals surface area contributed by atoms with Crippen LogP contribution in [0.1, 0.15) is 47.8 Å². The summed E-state index contributed by atoms with van der Waals surface area (Å²) in [6, 6.07) is 29.0. The van der Waals surface area contributed by atoms with Crippen molar-refractivity contribution in [3.63, 3.8) is 0 Å². The SMILES string of the molecule is C=C[C@H]1CN2CC[C@H]1C[C@H]2[C@H](OP1O[C@@H](c2ccccc2)[C@H](c2ccccc2)O1)c1ccnc2ccc(OC)cc12. The number of hydrogen-bond acceptors (Lipinski definition) is 6. The second-order valence-electron chi connectivity index (χ2n) is 11.2. The van der Waals surface area contributed by atoms with Crippen LogP contribution in [0, 0.1) is 11.8 Å². The van der Waals surface area contributed by atoms with Gasteiger partial charge in [-0.15, -0.1) is 6.58 Å². The molecule has 1 aromatic heterocycles. The molecular weight excluding hydrogens is 531 g/mol. The standard InChI is InChI=1S/C34H35N2O4P/c1-3-23-22-36-19-17-26(23)20-31(36)34(28-16-18-35-30-15-14-27(37-2)21-29(28)30)40-41-38-32(24-10-6-4-7-11-24)33(39-41)25-12-8-5-9-13-25/h3-16,18,21,23,26,31-34H,1,17,19-20,22H2,2H3/t23-,26-,31-,32-,33-,34+/m0/s1. The minimum absolute atomic E-state index is 0.197. The molecule has 4 aliphatic rings. The first kappa shape index (κ1) is 26.8. The molecule has 0 saturated carbocycles. The molecule has 0 aliphatic carbocycles. The maximum Gasteiger partial charge on any atom is 0.334 e. The molecule has 4 aromatic rings. The van der Waals surface area contributed by atoms with Crippen molar-refractivity contribution in [2.75, 3.05) is 20.2 Å². The van der Waals surface area contributed by atoms with Crippen LogP contribution in [0.25, 0.3) is 10.9 Å². The molecule has 0 radical (unpaired) electrons. The Morgan fingerprint density at radius 2 is 1.68 bits per heavy atom. The highest BCUT2D eigenvalue weighted by atomic mass is 31.2. The third-order valence-corrected chi connectivity index (χ3v) is 10.1. The normalized spacial score (nSPS) is 28.5. The third-order valence-electron chi connectivity index (χ3n) is 8.92. The van der Waals surface area contributed by atoms with Gasteiger partial charge in [-0.3, -0.25) is 9.88 Å². The minimum atomic E-state index is -1.65. The zero-order chi connectivity index (χ0) is 27.8. The number of rotatable bonds is 8. The van der Waals surface area contributed by atoms with E-state index in [4.69, 9.17) is 18.3 Å². The van der Waals surface area contributed by atoms with Gasteiger partial charge in [-0.1, -0.05) is 66.7 Å². The summed E-state index contributed by atoms with van der Waals surface area (Å²) in [5.41, 5.74) is 4.18. The van der Waals surface area contributed by atoms with Gasteiger partial charge in [0.25, 0.3) is 0 Å². The molecular formula is C34H35N2O4P. The quantitative estimate of drug-likeness (QED) is 0.159. The molecule has 2 bridgehead atoms. The average molecular weight is 567 g/mol. The summed E-state index contributed by atoms with van der Waals surface area (Å²) in [5, 5.41) is 1.04. The summed E-state index contributed by atoms with van der Waals surface area (Å²) in [6.45, 7) is 6.20. The largest absolute Gasteiger partial charge is 0.497 e. The zero-order valence-corrected chi connectivity index (χ0v) is 24.1. The fourth-order valence-electron chi connectivity index (χ4n) is 6.77. The molecule has 0 N–H and O–H groups in total. The van der Waals surface area contributed by atoms with Crippen molar-refractivity contribution in [3.8, 4) is 5.75 Å². The Morgan fingerprint density at radius 1 is 0.976 bits per heavy atom. The lowest BCUT2D eigenvalue weighted by atomic mass is 9.73. The van der Waals surface area contributed by atoms with Crippen LogP contribution >= 0.6 is 8.60 Å². The second-order valence-corrected chi connectivity index (χ2v) is 12.2. The fourth-order valence-corrected chi connectivity index (χ4v) is 8.19. The number of benzene rings is 3. The Hall–Kier alpha value is -3.12. The fraction of sp³-hybridized carbons (Fsp3) is 0.324. The van der Waals surface area contributed by atoms with E-state index in [-0.39, 0.29) is 24.4 Å². The van der Waals surface area contributed by atoms with Crippen LogP contribution in [0.3, 0.4) is 0 Å². The molecule has 41 heavy (non-hydrogen) atoms. The van der Waals surface area contributed by atoms with E-state index in [1.807, 2.05) is 54.7 Å². The van der Waals surface area contributed by atoms with Crippen molar-refractivity contribution < 1.29 is 18.3 Å². The molecule has 0 spiro atoms. The lowest BCUT2D eigenvalue weighted by molar-refractivity contribution is -0.0391. The van der Waals surface area contributed by atoms with E-state index in [9.17, 15) is 0 Å². The van der Waals surface area contributed by atoms with E-state index in [0.717, 1.165) is 52.9 Å². The molecule has 8 rings (SSSR count). The molecule has 4 fully saturated rings. The van der Waals surface area contributed by atoms with Gasteiger partial charge in [-0.25, -0.2) is 0 Å². The van der Waals surface area contributed by atoms with E-state index in [1.165, 1.54) is 6.42 Å². The molecule has 7 atom stereocenters. The highest BCUT2D eigenvalue weighted by Gasteiger charge is 2.47. The van der Waals surface area contributed by atoms with E-state index < -0.39 is 8.60 Å². The van der Waals surface area contributed by atoms with Crippen LogP contribution < -0.4 is 4.74 Å². The maximum atomic E-state index is 7.03. The van der Waals surface area contributed by atoms with Crippen molar-refractivity contribution in [3.05, 3.63) is 120 Å².